The highest BCUT2D eigenvalue weighted by atomic mass is 35.5. The van der Waals surface area contributed by atoms with E-state index in [1.54, 1.807) is 0 Å². The Bertz CT molecular complexity index is 469. The Balaban J connectivity index is 2.54. The molecule has 18 heavy (non-hydrogen) atoms. The van der Waals surface area contributed by atoms with Crippen LogP contribution in [0.3, 0.4) is 0 Å². The van der Waals surface area contributed by atoms with Crippen molar-refractivity contribution in [3.63, 3.8) is 0 Å². The van der Waals surface area contributed by atoms with Crippen LogP contribution in [0.1, 0.15) is 0 Å². The van der Waals surface area contributed by atoms with Crippen molar-refractivity contribution in [1.29, 1.82) is 0 Å². The molecule has 0 aromatic heterocycles. The van der Waals surface area contributed by atoms with Gasteiger partial charge in [-0.3, -0.25) is 0 Å². The van der Waals surface area contributed by atoms with Crippen molar-refractivity contribution in [2.24, 2.45) is 0 Å². The Morgan fingerprint density at radius 1 is 1.44 bits per heavy atom. The molecular weight excluding hydrogens is 267 g/mol. The molecule has 0 spiro atoms. The molecule has 0 saturated heterocycles. The lowest BCUT2D eigenvalue weighted by Gasteiger charge is -2.10. The van der Waals surface area contributed by atoms with Crippen molar-refractivity contribution in [1.82, 2.24) is 5.32 Å². The van der Waals surface area contributed by atoms with Crippen LogP contribution in [0, 0.1) is 5.82 Å². The average Bonchev–Trinajstić information content (AvgIpc) is 2.30. The van der Waals surface area contributed by atoms with Gasteiger partial charge >= 0.3 is 12.0 Å². The standard InChI is InChI=1S/C10H10ClFN2O4/c11-5-1-2-6(12)7(3-5)14-10(18)13-4-8(15)9(16)17/h1-3,8,15H,4H2,(H,16,17)(H2,13,14,18). The number of benzene rings is 1. The fourth-order valence-electron chi connectivity index (χ4n) is 1.04. The van der Waals surface area contributed by atoms with E-state index < -0.39 is 30.5 Å². The van der Waals surface area contributed by atoms with Gasteiger partial charge in [0.1, 0.15) is 5.82 Å². The second kappa shape index (κ2) is 6.18. The number of rotatable bonds is 4. The van der Waals surface area contributed by atoms with Gasteiger partial charge in [0.05, 0.1) is 12.2 Å². The molecule has 1 rings (SSSR count). The van der Waals surface area contributed by atoms with Crippen molar-refractivity contribution in [2.75, 3.05) is 11.9 Å². The van der Waals surface area contributed by atoms with Gasteiger partial charge in [0.2, 0.25) is 0 Å². The summed E-state index contributed by atoms with van der Waals surface area (Å²) in [7, 11) is 0. The predicted molar refractivity (Wildman–Crippen MR) is 62.1 cm³/mol. The number of aliphatic carboxylic acids is 1. The van der Waals surface area contributed by atoms with Gasteiger partial charge in [0, 0.05) is 5.02 Å². The maximum absolute atomic E-state index is 13.2. The number of carbonyl (C=O) groups is 2. The van der Waals surface area contributed by atoms with Crippen LogP contribution in [0.25, 0.3) is 0 Å². The van der Waals surface area contributed by atoms with E-state index in [4.69, 9.17) is 21.8 Å². The number of anilines is 1. The normalized spacial score (nSPS) is 11.7. The number of aliphatic hydroxyl groups is 1. The van der Waals surface area contributed by atoms with Crippen LogP contribution in [0.4, 0.5) is 14.9 Å². The molecule has 8 heteroatoms. The zero-order valence-corrected chi connectivity index (χ0v) is 9.74. The predicted octanol–water partition coefficient (Wildman–Crippen LogP) is 1.05. The monoisotopic (exact) mass is 276 g/mol. The van der Waals surface area contributed by atoms with Crippen LogP contribution in [-0.4, -0.2) is 34.9 Å². The third-order valence-corrected chi connectivity index (χ3v) is 2.15. The van der Waals surface area contributed by atoms with E-state index in [0.29, 0.717) is 0 Å². The maximum atomic E-state index is 13.2. The van der Waals surface area contributed by atoms with Gasteiger partial charge in [0.25, 0.3) is 0 Å². The number of carbonyl (C=O) groups excluding carboxylic acids is 1. The SMILES string of the molecule is O=C(NCC(O)C(=O)O)Nc1cc(Cl)ccc1F. The van der Waals surface area contributed by atoms with Gasteiger partial charge in [-0.05, 0) is 18.2 Å². The Hall–Kier alpha value is -1.86. The van der Waals surface area contributed by atoms with Crippen molar-refractivity contribution in [3.05, 3.63) is 29.0 Å². The Morgan fingerprint density at radius 3 is 2.72 bits per heavy atom. The number of aliphatic hydroxyl groups excluding tert-OH is 1. The number of halogens is 2. The van der Waals surface area contributed by atoms with E-state index in [9.17, 15) is 14.0 Å². The third kappa shape index (κ3) is 4.19. The Kier molecular flexibility index (Phi) is 4.87. The van der Waals surface area contributed by atoms with E-state index >= 15 is 0 Å². The van der Waals surface area contributed by atoms with Crippen molar-refractivity contribution in [3.8, 4) is 0 Å². The van der Waals surface area contributed by atoms with E-state index in [1.807, 2.05) is 0 Å². The van der Waals surface area contributed by atoms with Gasteiger partial charge in [0.15, 0.2) is 6.10 Å². The molecule has 0 saturated carbocycles. The summed E-state index contributed by atoms with van der Waals surface area (Å²) in [5.41, 5.74) is -0.148. The van der Waals surface area contributed by atoms with Crippen LogP contribution in [0.2, 0.25) is 5.02 Å². The highest BCUT2D eigenvalue weighted by Gasteiger charge is 2.14. The smallest absolute Gasteiger partial charge is 0.334 e. The molecular formula is C10H10ClFN2O4. The molecule has 1 aromatic rings. The van der Waals surface area contributed by atoms with Gasteiger partial charge in [-0.15, -0.1) is 0 Å². The third-order valence-electron chi connectivity index (χ3n) is 1.92. The summed E-state index contributed by atoms with van der Waals surface area (Å²) in [5.74, 6) is -2.16. The second-order valence-corrected chi connectivity index (χ2v) is 3.75. The summed E-state index contributed by atoms with van der Waals surface area (Å²) in [4.78, 5) is 21.5. The second-order valence-electron chi connectivity index (χ2n) is 3.31. The van der Waals surface area contributed by atoms with E-state index in [-0.39, 0.29) is 10.7 Å². The highest BCUT2D eigenvalue weighted by Crippen LogP contribution is 2.19. The molecule has 0 fully saturated rings. The lowest BCUT2D eigenvalue weighted by Crippen LogP contribution is -2.38. The molecule has 0 aliphatic rings. The summed E-state index contributed by atoms with van der Waals surface area (Å²) in [6.45, 7) is -0.497. The minimum Gasteiger partial charge on any atom is -0.479 e. The molecule has 0 aliphatic carbocycles. The minimum absolute atomic E-state index is 0.148. The van der Waals surface area contributed by atoms with Crippen molar-refractivity contribution in [2.45, 2.75) is 6.10 Å². The summed E-state index contributed by atoms with van der Waals surface area (Å²) in [6, 6.07) is 2.74. The zero-order valence-electron chi connectivity index (χ0n) is 8.98. The molecule has 0 bridgehead atoms. The summed E-state index contributed by atoms with van der Waals surface area (Å²) < 4.78 is 13.2. The van der Waals surface area contributed by atoms with Crippen molar-refractivity contribution >= 4 is 29.3 Å². The van der Waals surface area contributed by atoms with Crippen LogP contribution >= 0.6 is 11.6 Å². The minimum atomic E-state index is -1.72. The largest absolute Gasteiger partial charge is 0.479 e. The molecule has 1 atom stereocenters. The molecule has 1 aromatic carbocycles. The van der Waals surface area contributed by atoms with Crippen LogP contribution in [0.15, 0.2) is 18.2 Å². The quantitative estimate of drug-likeness (QED) is 0.660. The fraction of sp³-hybridized carbons (Fsp3) is 0.200. The summed E-state index contributed by atoms with van der Waals surface area (Å²) in [6.07, 6.45) is -1.72. The van der Waals surface area contributed by atoms with Gasteiger partial charge in [-0.2, -0.15) is 0 Å². The van der Waals surface area contributed by atoms with Gasteiger partial charge in [-0.1, -0.05) is 11.6 Å². The molecule has 98 valence electrons. The lowest BCUT2D eigenvalue weighted by molar-refractivity contribution is -0.146. The van der Waals surface area contributed by atoms with Gasteiger partial charge in [-0.25, -0.2) is 14.0 Å². The number of carboxylic acids is 1. The number of carboxylic acid groups (broad SMARTS) is 1. The molecule has 4 N–H and O–H groups in total. The van der Waals surface area contributed by atoms with E-state index in [0.717, 1.165) is 6.07 Å². The molecule has 0 aliphatic heterocycles. The molecule has 1 unspecified atom stereocenters. The van der Waals surface area contributed by atoms with Crippen LogP contribution in [-0.2, 0) is 4.79 Å². The first-order chi connectivity index (χ1) is 8.40. The number of hydrogen-bond acceptors (Lipinski definition) is 3. The zero-order chi connectivity index (χ0) is 13.7. The van der Waals surface area contributed by atoms with Gasteiger partial charge < -0.3 is 20.8 Å². The van der Waals surface area contributed by atoms with E-state index in [2.05, 4.69) is 10.6 Å². The molecule has 0 radical (unpaired) electrons. The first-order valence-corrected chi connectivity index (χ1v) is 5.18. The first kappa shape index (κ1) is 14.2. The highest BCUT2D eigenvalue weighted by molar-refractivity contribution is 6.30. The molecule has 0 heterocycles. The fourth-order valence-corrected chi connectivity index (χ4v) is 1.21. The number of nitrogens with one attached hydrogen (secondary N) is 2. The Morgan fingerprint density at radius 2 is 2.11 bits per heavy atom. The number of amides is 2. The average molecular weight is 277 g/mol. The van der Waals surface area contributed by atoms with Crippen LogP contribution < -0.4 is 10.6 Å². The van der Waals surface area contributed by atoms with Crippen molar-refractivity contribution < 1.29 is 24.2 Å². The van der Waals surface area contributed by atoms with Crippen LogP contribution in [0.5, 0.6) is 0 Å². The molecule has 6 nitrogen and oxygen atoms in total. The first-order valence-electron chi connectivity index (χ1n) is 4.81. The molecule has 2 amide bonds. The topological polar surface area (TPSA) is 98.7 Å². The van der Waals surface area contributed by atoms with E-state index in [1.165, 1.54) is 12.1 Å². The number of hydrogen-bond donors (Lipinski definition) is 4. The number of urea groups is 1. The lowest BCUT2D eigenvalue weighted by atomic mass is 10.3. The Labute approximate surface area is 106 Å². The maximum Gasteiger partial charge on any atom is 0.334 e. The summed E-state index contributed by atoms with van der Waals surface area (Å²) >= 11 is 5.61. The summed E-state index contributed by atoms with van der Waals surface area (Å²) in [5, 5.41) is 21.7.